The van der Waals surface area contributed by atoms with E-state index in [0.717, 1.165) is 6.07 Å². The van der Waals surface area contributed by atoms with E-state index in [1.165, 1.54) is 17.0 Å². The zero-order valence-corrected chi connectivity index (χ0v) is 11.8. The first kappa shape index (κ1) is 14.9. The molecule has 0 radical (unpaired) electrons. The number of methoxy groups -OCH3 is 1. The van der Waals surface area contributed by atoms with Crippen molar-refractivity contribution in [2.75, 3.05) is 27.3 Å². The van der Waals surface area contributed by atoms with Gasteiger partial charge in [-0.2, -0.15) is 0 Å². The number of carbonyl (C=O) groups excluding carboxylic acids is 1. The fourth-order valence-electron chi connectivity index (χ4n) is 1.50. The summed E-state index contributed by atoms with van der Waals surface area (Å²) < 4.78 is 18.4. The lowest BCUT2D eigenvalue weighted by molar-refractivity contribution is 0.0779. The minimum Gasteiger partial charge on any atom is -0.508 e. The summed E-state index contributed by atoms with van der Waals surface area (Å²) in [5, 5.41) is 9.08. The lowest BCUT2D eigenvalue weighted by atomic mass is 10.1. The smallest absolute Gasteiger partial charge is 0.256 e. The molecule has 1 unspecified atom stereocenters. The van der Waals surface area contributed by atoms with Gasteiger partial charge in [0.15, 0.2) is 0 Å². The van der Waals surface area contributed by atoms with Crippen LogP contribution in [-0.4, -0.2) is 48.0 Å². The molecule has 0 aliphatic rings. The highest BCUT2D eigenvalue weighted by Crippen LogP contribution is 2.17. The topological polar surface area (TPSA) is 49.8 Å². The third-order valence-corrected chi connectivity index (χ3v) is 2.90. The van der Waals surface area contributed by atoms with Gasteiger partial charge in [0.1, 0.15) is 11.6 Å². The minimum atomic E-state index is -0.732. The maximum absolute atomic E-state index is 13.5. The molecule has 1 aromatic carbocycles. The standard InChI is InChI=1S/C12H15BrFNO3/c1-15(6-8(13)7-18-2)12(17)10-4-3-9(16)5-11(10)14/h3-5,8,16H,6-7H2,1-2H3. The van der Waals surface area contributed by atoms with Crippen LogP contribution in [-0.2, 0) is 4.74 Å². The summed E-state index contributed by atoms with van der Waals surface area (Å²) in [7, 11) is 3.15. The summed E-state index contributed by atoms with van der Waals surface area (Å²) in [5.74, 6) is -1.37. The number of rotatable bonds is 5. The maximum atomic E-state index is 13.5. The second-order valence-electron chi connectivity index (χ2n) is 3.90. The van der Waals surface area contributed by atoms with Gasteiger partial charge in [-0.3, -0.25) is 4.79 Å². The van der Waals surface area contributed by atoms with Crippen LogP contribution in [0.2, 0.25) is 0 Å². The Bertz CT molecular complexity index is 428. The van der Waals surface area contributed by atoms with Gasteiger partial charge in [-0.25, -0.2) is 4.39 Å². The molecule has 1 atom stereocenters. The minimum absolute atomic E-state index is 0.0170. The molecule has 0 heterocycles. The quantitative estimate of drug-likeness (QED) is 0.845. The summed E-state index contributed by atoms with van der Waals surface area (Å²) in [6.07, 6.45) is 0. The molecule has 1 rings (SSSR count). The second-order valence-corrected chi connectivity index (χ2v) is 5.20. The van der Waals surface area contributed by atoms with Crippen LogP contribution >= 0.6 is 15.9 Å². The lowest BCUT2D eigenvalue weighted by Crippen LogP contribution is -2.34. The van der Waals surface area contributed by atoms with Gasteiger partial charge in [0.05, 0.1) is 17.0 Å². The molecular formula is C12H15BrFNO3. The zero-order chi connectivity index (χ0) is 13.7. The highest BCUT2D eigenvalue weighted by Gasteiger charge is 2.18. The van der Waals surface area contributed by atoms with Crippen LogP contribution in [0.3, 0.4) is 0 Å². The zero-order valence-electron chi connectivity index (χ0n) is 10.2. The molecule has 18 heavy (non-hydrogen) atoms. The molecule has 0 saturated heterocycles. The Morgan fingerprint density at radius 1 is 1.61 bits per heavy atom. The van der Waals surface area contributed by atoms with E-state index >= 15 is 0 Å². The SMILES string of the molecule is COCC(Br)CN(C)C(=O)c1ccc(O)cc1F. The van der Waals surface area contributed by atoms with Crippen molar-refractivity contribution in [2.45, 2.75) is 4.83 Å². The van der Waals surface area contributed by atoms with Crippen molar-refractivity contribution in [3.8, 4) is 5.75 Å². The monoisotopic (exact) mass is 319 g/mol. The Kier molecular flexibility index (Phi) is 5.55. The molecule has 0 aromatic heterocycles. The number of aromatic hydroxyl groups is 1. The number of nitrogens with zero attached hydrogens (tertiary/aromatic N) is 1. The van der Waals surface area contributed by atoms with Crippen molar-refractivity contribution in [2.24, 2.45) is 0 Å². The van der Waals surface area contributed by atoms with E-state index in [0.29, 0.717) is 13.2 Å². The number of phenols is 1. The van der Waals surface area contributed by atoms with Crippen molar-refractivity contribution in [1.29, 1.82) is 0 Å². The number of carbonyl (C=O) groups is 1. The van der Waals surface area contributed by atoms with Gasteiger partial charge in [0, 0.05) is 26.8 Å². The van der Waals surface area contributed by atoms with E-state index in [1.807, 2.05) is 0 Å². The van der Waals surface area contributed by atoms with Crippen LogP contribution in [0.15, 0.2) is 18.2 Å². The van der Waals surface area contributed by atoms with Gasteiger partial charge in [-0.1, -0.05) is 15.9 Å². The summed E-state index contributed by atoms with van der Waals surface area (Å²) in [4.78, 5) is 13.3. The molecule has 1 N–H and O–H groups in total. The highest BCUT2D eigenvalue weighted by molar-refractivity contribution is 9.09. The van der Waals surface area contributed by atoms with Gasteiger partial charge in [-0.15, -0.1) is 0 Å². The van der Waals surface area contributed by atoms with Gasteiger partial charge in [0.2, 0.25) is 0 Å². The molecule has 0 fully saturated rings. The first-order valence-electron chi connectivity index (χ1n) is 5.32. The Morgan fingerprint density at radius 2 is 2.28 bits per heavy atom. The normalized spacial score (nSPS) is 12.2. The summed E-state index contributed by atoms with van der Waals surface area (Å²) in [6, 6.07) is 3.47. The van der Waals surface area contributed by atoms with E-state index in [4.69, 9.17) is 9.84 Å². The van der Waals surface area contributed by atoms with Crippen molar-refractivity contribution >= 4 is 21.8 Å². The molecule has 4 nitrogen and oxygen atoms in total. The number of amides is 1. The van der Waals surface area contributed by atoms with E-state index in [1.54, 1.807) is 14.2 Å². The third-order valence-electron chi connectivity index (χ3n) is 2.35. The first-order valence-corrected chi connectivity index (χ1v) is 6.24. The van der Waals surface area contributed by atoms with Gasteiger partial charge in [0.25, 0.3) is 5.91 Å². The Morgan fingerprint density at radius 3 is 2.83 bits per heavy atom. The molecule has 0 aliphatic carbocycles. The fraction of sp³-hybridized carbons (Fsp3) is 0.417. The van der Waals surface area contributed by atoms with E-state index in [2.05, 4.69) is 15.9 Å². The van der Waals surface area contributed by atoms with E-state index < -0.39 is 11.7 Å². The van der Waals surface area contributed by atoms with E-state index in [-0.39, 0.29) is 16.1 Å². The van der Waals surface area contributed by atoms with Gasteiger partial charge >= 0.3 is 0 Å². The fourth-order valence-corrected chi connectivity index (χ4v) is 2.20. The number of halogens is 2. The number of hydrogen-bond acceptors (Lipinski definition) is 3. The molecule has 1 amide bonds. The van der Waals surface area contributed by atoms with Crippen molar-refractivity contribution in [3.05, 3.63) is 29.6 Å². The van der Waals surface area contributed by atoms with Crippen LogP contribution in [0.5, 0.6) is 5.75 Å². The molecule has 0 bridgehead atoms. The van der Waals surface area contributed by atoms with Crippen LogP contribution in [0.4, 0.5) is 4.39 Å². The maximum Gasteiger partial charge on any atom is 0.256 e. The largest absolute Gasteiger partial charge is 0.508 e. The number of alkyl halides is 1. The summed E-state index contributed by atoms with van der Waals surface area (Å²) in [6.45, 7) is 0.850. The van der Waals surface area contributed by atoms with Crippen molar-refractivity contribution < 1.29 is 19.0 Å². The van der Waals surface area contributed by atoms with Gasteiger partial charge in [-0.05, 0) is 12.1 Å². The predicted molar refractivity (Wildman–Crippen MR) is 69.6 cm³/mol. The average molecular weight is 320 g/mol. The number of phenolic OH excluding ortho intramolecular Hbond substituents is 1. The second kappa shape index (κ2) is 6.70. The predicted octanol–water partition coefficient (Wildman–Crippen LogP) is 2.01. The lowest BCUT2D eigenvalue weighted by Gasteiger charge is -2.20. The molecule has 6 heteroatoms. The average Bonchev–Trinajstić information content (AvgIpc) is 2.28. The third kappa shape index (κ3) is 3.96. The van der Waals surface area contributed by atoms with Crippen molar-refractivity contribution in [1.82, 2.24) is 4.90 Å². The van der Waals surface area contributed by atoms with Crippen LogP contribution in [0, 0.1) is 5.82 Å². The molecule has 0 spiro atoms. The number of benzene rings is 1. The van der Waals surface area contributed by atoms with Crippen LogP contribution < -0.4 is 0 Å². The molecular weight excluding hydrogens is 305 g/mol. The summed E-state index contributed by atoms with van der Waals surface area (Å²) >= 11 is 3.36. The van der Waals surface area contributed by atoms with E-state index in [9.17, 15) is 9.18 Å². The number of hydrogen-bond donors (Lipinski definition) is 1. The first-order chi connectivity index (χ1) is 8.45. The highest BCUT2D eigenvalue weighted by atomic mass is 79.9. The van der Waals surface area contributed by atoms with Crippen molar-refractivity contribution in [3.63, 3.8) is 0 Å². The number of ether oxygens (including phenoxy) is 1. The summed E-state index contributed by atoms with van der Waals surface area (Å²) in [5.41, 5.74) is -0.0626. The van der Waals surface area contributed by atoms with Crippen LogP contribution in [0.1, 0.15) is 10.4 Å². The molecule has 100 valence electrons. The molecule has 0 saturated carbocycles. The van der Waals surface area contributed by atoms with Crippen LogP contribution in [0.25, 0.3) is 0 Å². The van der Waals surface area contributed by atoms with Gasteiger partial charge < -0.3 is 14.7 Å². The Hall–Kier alpha value is -1.14. The molecule has 0 aliphatic heterocycles. The Balaban J connectivity index is 2.74. The molecule has 1 aromatic rings. The Labute approximate surface area is 113 Å².